The van der Waals surface area contributed by atoms with E-state index in [9.17, 15) is 0 Å². The molecule has 1 radical (unpaired) electrons. The van der Waals surface area contributed by atoms with E-state index in [-0.39, 0.29) is 51.0 Å². The largest absolute Gasteiger partial charge is 3.00 e. The van der Waals surface area contributed by atoms with Crippen LogP contribution in [-0.2, 0) is 32.6 Å². The van der Waals surface area contributed by atoms with E-state index in [1.807, 2.05) is 6.26 Å². The van der Waals surface area contributed by atoms with E-state index >= 15 is 0 Å². The summed E-state index contributed by atoms with van der Waals surface area (Å²) in [5.41, 5.74) is 9.32. The molecule has 2 aliphatic heterocycles. The Kier molecular flexibility index (Phi) is 11.4. The first kappa shape index (κ1) is 32.0. The zero-order chi connectivity index (χ0) is 23.9. The third-order valence-electron chi connectivity index (χ3n) is 7.91. The minimum Gasteiger partial charge on any atom is -1.00 e. The SMILES string of the molecule is CC1=C2c3occc3C1[Si]2(C)C.CCCCCCc1ccc(-c2cccc3[cH-]c(C)cc23)cc1.[Cl-].[Cl-].[Zr+3]. The predicted octanol–water partition coefficient (Wildman–Crippen LogP) is 3.61. The molecular formula is C32H37Cl2OSiZr. The van der Waals surface area contributed by atoms with Crippen molar-refractivity contribution in [2.75, 3.05) is 0 Å². The van der Waals surface area contributed by atoms with E-state index in [0.29, 0.717) is 0 Å². The van der Waals surface area contributed by atoms with Crippen LogP contribution in [0.5, 0.6) is 0 Å². The van der Waals surface area contributed by atoms with Gasteiger partial charge < -0.3 is 29.2 Å². The molecule has 37 heavy (non-hydrogen) atoms. The first-order valence-electron chi connectivity index (χ1n) is 13.0. The van der Waals surface area contributed by atoms with Gasteiger partial charge in [0.2, 0.25) is 0 Å². The van der Waals surface area contributed by atoms with E-state index in [0.717, 1.165) is 5.54 Å². The predicted molar refractivity (Wildman–Crippen MR) is 149 cm³/mol. The average Bonchev–Trinajstić information content (AvgIpc) is 3.53. The van der Waals surface area contributed by atoms with Crippen molar-refractivity contribution in [1.82, 2.24) is 0 Å². The fourth-order valence-corrected chi connectivity index (χ4v) is 10.6. The van der Waals surface area contributed by atoms with Gasteiger partial charge in [-0.05, 0) is 42.2 Å². The summed E-state index contributed by atoms with van der Waals surface area (Å²) in [5, 5.41) is 4.31. The van der Waals surface area contributed by atoms with Crippen LogP contribution >= 0.6 is 0 Å². The van der Waals surface area contributed by atoms with E-state index in [1.165, 1.54) is 76.5 Å². The molecule has 1 aliphatic carbocycles. The third kappa shape index (κ3) is 6.01. The second-order valence-electron chi connectivity index (χ2n) is 10.8. The molecular weight excluding hydrogens is 591 g/mol. The van der Waals surface area contributed by atoms with Gasteiger partial charge in [0.1, 0.15) is 5.76 Å². The Bertz CT molecular complexity index is 1350. The van der Waals surface area contributed by atoms with Crippen LogP contribution in [0.25, 0.3) is 27.1 Å². The summed E-state index contributed by atoms with van der Waals surface area (Å²) in [6.07, 6.45) is 8.36. The number of furan rings is 1. The number of fused-ring (bicyclic) bond motifs is 1. The molecule has 4 aromatic rings. The van der Waals surface area contributed by atoms with Gasteiger partial charge in [0, 0.05) is 11.1 Å². The van der Waals surface area contributed by atoms with Crippen LogP contribution < -0.4 is 24.8 Å². The molecule has 193 valence electrons. The van der Waals surface area contributed by atoms with Crippen molar-refractivity contribution in [2.24, 2.45) is 0 Å². The molecule has 1 aromatic heterocycles. The number of aryl methyl sites for hydroxylation is 2. The smallest absolute Gasteiger partial charge is 1.00 e. The molecule has 7 rings (SSSR count). The van der Waals surface area contributed by atoms with Gasteiger partial charge in [-0.1, -0.05) is 87.7 Å². The van der Waals surface area contributed by atoms with E-state index < -0.39 is 8.07 Å². The zero-order valence-electron chi connectivity index (χ0n) is 22.6. The van der Waals surface area contributed by atoms with Gasteiger partial charge in [-0.3, -0.25) is 0 Å². The van der Waals surface area contributed by atoms with Crippen LogP contribution in [0.1, 0.15) is 67.5 Å². The Morgan fingerprint density at radius 1 is 0.919 bits per heavy atom. The minimum atomic E-state index is -1.08. The summed E-state index contributed by atoms with van der Waals surface area (Å²) in [6, 6.07) is 22.5. The molecule has 5 heteroatoms. The number of benzene rings is 2. The minimum absolute atomic E-state index is 0. The maximum Gasteiger partial charge on any atom is 3.00 e. The first-order chi connectivity index (χ1) is 16.4. The van der Waals surface area contributed by atoms with Crippen molar-refractivity contribution in [2.45, 2.75) is 71.5 Å². The molecule has 0 saturated heterocycles. The average molecular weight is 628 g/mol. The summed E-state index contributed by atoms with van der Waals surface area (Å²) in [7, 11) is -1.08. The summed E-state index contributed by atoms with van der Waals surface area (Å²) in [6.45, 7) is 11.6. The van der Waals surface area contributed by atoms with Crippen molar-refractivity contribution in [1.29, 1.82) is 0 Å². The standard InChI is InChI=1S/C22H25.C10H12OSi.2ClH.Zr/c1-3-4-5-6-8-18-11-13-19(14-12-18)21-10-7-9-20-15-17(2)16-22(20)21;1-6-9-7-4-5-11-8(7)10(6)12(9,2)3;;;/h7,9-16H,3-6,8H2,1-2H3;4-5,9H,1-3H3;2*1H;/q-1;;;;+3/p-2. The molecule has 0 fully saturated rings. The Morgan fingerprint density at radius 3 is 2.30 bits per heavy atom. The van der Waals surface area contributed by atoms with E-state index in [1.54, 1.807) is 10.8 Å². The number of unbranched alkanes of at least 4 members (excludes halogenated alkanes) is 3. The Labute approximate surface area is 255 Å². The molecule has 1 unspecified atom stereocenters. The summed E-state index contributed by atoms with van der Waals surface area (Å²) in [5.74, 6) is 1.22. The summed E-state index contributed by atoms with van der Waals surface area (Å²) >= 11 is 0. The fourth-order valence-electron chi connectivity index (χ4n) is 6.35. The molecule has 0 amide bonds. The topological polar surface area (TPSA) is 13.1 Å². The van der Waals surface area contributed by atoms with Gasteiger partial charge in [0.25, 0.3) is 0 Å². The molecule has 3 aliphatic rings. The number of hydrogen-bond donors (Lipinski definition) is 0. The van der Waals surface area contributed by atoms with Gasteiger partial charge in [-0.15, -0.1) is 34.5 Å². The maximum atomic E-state index is 5.51. The van der Waals surface area contributed by atoms with Gasteiger partial charge >= 0.3 is 26.2 Å². The second kappa shape index (κ2) is 13.2. The third-order valence-corrected chi connectivity index (χ3v) is 12.0. The normalized spacial score (nSPS) is 16.0. The Hall–Kier alpha value is -1.25. The molecule has 2 bridgehead atoms. The van der Waals surface area contributed by atoms with Crippen LogP contribution in [0.3, 0.4) is 0 Å². The second-order valence-corrected chi connectivity index (χ2v) is 15.3. The molecule has 0 saturated carbocycles. The van der Waals surface area contributed by atoms with Gasteiger partial charge in [0.05, 0.1) is 14.3 Å². The van der Waals surface area contributed by atoms with Crippen LogP contribution in [0.15, 0.2) is 76.9 Å². The molecule has 0 N–H and O–H groups in total. The van der Waals surface area contributed by atoms with Crippen molar-refractivity contribution in [3.05, 3.63) is 95.0 Å². The number of halogens is 2. The number of allylic oxidation sites excluding steroid dienone is 1. The van der Waals surface area contributed by atoms with Crippen LogP contribution in [0.4, 0.5) is 0 Å². The van der Waals surface area contributed by atoms with Crippen molar-refractivity contribution in [3.8, 4) is 11.1 Å². The molecule has 1 atom stereocenters. The van der Waals surface area contributed by atoms with Gasteiger partial charge in [-0.2, -0.15) is 6.07 Å². The molecule has 0 spiro atoms. The van der Waals surface area contributed by atoms with Crippen molar-refractivity contribution in [3.63, 3.8) is 0 Å². The van der Waals surface area contributed by atoms with Crippen LogP contribution in [0.2, 0.25) is 13.1 Å². The van der Waals surface area contributed by atoms with Crippen LogP contribution in [0, 0.1) is 6.92 Å². The number of hydrogen-bond acceptors (Lipinski definition) is 1. The van der Waals surface area contributed by atoms with Crippen LogP contribution in [-0.4, -0.2) is 8.07 Å². The van der Waals surface area contributed by atoms with E-state index in [4.69, 9.17) is 4.42 Å². The molecule has 3 heterocycles. The van der Waals surface area contributed by atoms with E-state index in [2.05, 4.69) is 94.5 Å². The van der Waals surface area contributed by atoms with Gasteiger partial charge in [-0.25, -0.2) is 0 Å². The quantitative estimate of drug-likeness (QED) is 0.181. The Morgan fingerprint density at radius 2 is 1.65 bits per heavy atom. The van der Waals surface area contributed by atoms with Gasteiger partial charge in [0.15, 0.2) is 0 Å². The fraction of sp³-hybridized carbons (Fsp3) is 0.344. The zero-order valence-corrected chi connectivity index (χ0v) is 27.6. The Balaban J connectivity index is 0.000000274. The summed E-state index contributed by atoms with van der Waals surface area (Å²) < 4.78 is 5.51. The van der Waals surface area contributed by atoms with Crippen molar-refractivity contribution >= 4 is 24.0 Å². The molecule has 3 aromatic carbocycles. The molecule has 1 nitrogen and oxygen atoms in total. The number of rotatable bonds is 6. The first-order valence-corrected chi connectivity index (χ1v) is 16.0. The summed E-state index contributed by atoms with van der Waals surface area (Å²) in [4.78, 5) is 0. The van der Waals surface area contributed by atoms with Crippen molar-refractivity contribution < 1.29 is 55.4 Å². The maximum absolute atomic E-state index is 5.51. The monoisotopic (exact) mass is 625 g/mol.